The highest BCUT2D eigenvalue weighted by Gasteiger charge is 2.25. The monoisotopic (exact) mass is 395 g/mol. The lowest BCUT2D eigenvalue weighted by molar-refractivity contribution is -0.130. The fourth-order valence-corrected chi connectivity index (χ4v) is 3.47. The summed E-state index contributed by atoms with van der Waals surface area (Å²) in [7, 11) is 1.78. The smallest absolute Gasteiger partial charge is 0.224 e. The minimum atomic E-state index is 0.00172. The fraction of sp³-hybridized carbons (Fsp3) is 0.556. The molecule has 0 bridgehead atoms. The number of nitrogens with zero attached hydrogens (tertiary/aromatic N) is 1. The lowest BCUT2D eigenvalue weighted by Crippen LogP contribution is -2.39. The first-order valence-electron chi connectivity index (χ1n) is 8.48. The van der Waals surface area contributed by atoms with Gasteiger partial charge in [0.15, 0.2) is 0 Å². The largest absolute Gasteiger partial charge is 0.355 e. The Labute approximate surface area is 152 Å². The third kappa shape index (κ3) is 5.60. The molecule has 0 heterocycles. The Kier molecular flexibility index (Phi) is 7.24. The van der Waals surface area contributed by atoms with Gasteiger partial charge in [-0.15, -0.1) is 0 Å². The van der Waals surface area contributed by atoms with Crippen molar-refractivity contribution in [2.24, 2.45) is 11.7 Å². The molecule has 1 saturated carbocycles. The van der Waals surface area contributed by atoms with E-state index in [1.165, 1.54) is 0 Å². The molecule has 3 N–H and O–H groups in total. The van der Waals surface area contributed by atoms with Crippen LogP contribution in [0.2, 0.25) is 0 Å². The molecule has 1 aromatic carbocycles. The first kappa shape index (κ1) is 18.9. The number of carbonyl (C=O) groups is 2. The van der Waals surface area contributed by atoms with Gasteiger partial charge in [-0.25, -0.2) is 0 Å². The quantitative estimate of drug-likeness (QED) is 0.776. The van der Waals surface area contributed by atoms with Crippen LogP contribution < -0.4 is 11.1 Å². The summed E-state index contributed by atoms with van der Waals surface area (Å²) in [6.45, 7) is 0.926. The molecular weight excluding hydrogens is 370 g/mol. The summed E-state index contributed by atoms with van der Waals surface area (Å²) >= 11 is 3.49. The Hall–Kier alpha value is -1.40. The maximum Gasteiger partial charge on any atom is 0.224 e. The summed E-state index contributed by atoms with van der Waals surface area (Å²) in [6, 6.07) is 7.98. The van der Waals surface area contributed by atoms with Gasteiger partial charge in [0.25, 0.3) is 0 Å². The summed E-state index contributed by atoms with van der Waals surface area (Å²) < 4.78 is 0.992. The second-order valence-corrected chi connectivity index (χ2v) is 7.36. The molecule has 1 fully saturated rings. The average molecular weight is 396 g/mol. The van der Waals surface area contributed by atoms with Gasteiger partial charge in [-0.1, -0.05) is 40.5 Å². The lowest BCUT2D eigenvalue weighted by atomic mass is 9.85. The Morgan fingerprint density at radius 1 is 1.33 bits per heavy atom. The van der Waals surface area contributed by atoms with Gasteiger partial charge in [0.05, 0.1) is 0 Å². The van der Waals surface area contributed by atoms with Crippen LogP contribution in [0.3, 0.4) is 0 Å². The minimum Gasteiger partial charge on any atom is -0.355 e. The summed E-state index contributed by atoms with van der Waals surface area (Å²) in [6.07, 6.45) is 3.97. The Morgan fingerprint density at radius 3 is 2.79 bits per heavy atom. The van der Waals surface area contributed by atoms with Gasteiger partial charge in [-0.3, -0.25) is 9.59 Å². The number of amides is 2. The molecule has 2 rings (SSSR count). The SMILES string of the molecule is CN(Cc1ccccc1Br)C(=O)CCNC(=O)C1CCCC(N)C1. The highest BCUT2D eigenvalue weighted by atomic mass is 79.9. The van der Waals surface area contributed by atoms with Crippen molar-refractivity contribution in [3.8, 4) is 0 Å². The van der Waals surface area contributed by atoms with Gasteiger partial charge in [-0.05, 0) is 30.9 Å². The number of rotatable bonds is 6. The van der Waals surface area contributed by atoms with E-state index in [2.05, 4.69) is 21.2 Å². The van der Waals surface area contributed by atoms with E-state index in [0.29, 0.717) is 19.5 Å². The number of halogens is 1. The summed E-state index contributed by atoms with van der Waals surface area (Å²) in [5, 5.41) is 2.88. The molecule has 0 radical (unpaired) electrons. The van der Waals surface area contributed by atoms with Crippen LogP contribution in [0.4, 0.5) is 0 Å². The van der Waals surface area contributed by atoms with E-state index in [9.17, 15) is 9.59 Å². The van der Waals surface area contributed by atoms with Crippen molar-refractivity contribution in [2.45, 2.75) is 44.7 Å². The number of carbonyl (C=O) groups excluding carboxylic acids is 2. The van der Waals surface area contributed by atoms with Gasteiger partial charge in [0.2, 0.25) is 11.8 Å². The molecule has 1 aliphatic carbocycles. The molecule has 2 unspecified atom stereocenters. The van der Waals surface area contributed by atoms with Crippen LogP contribution in [0.5, 0.6) is 0 Å². The predicted molar refractivity (Wildman–Crippen MR) is 98.2 cm³/mol. The zero-order valence-corrected chi connectivity index (χ0v) is 15.7. The molecular formula is C18H26BrN3O2. The standard InChI is InChI=1S/C18H26BrN3O2/c1-22(12-14-5-2-3-8-16(14)19)17(23)9-10-21-18(24)13-6-4-7-15(20)11-13/h2-3,5,8,13,15H,4,6-7,9-12,20H2,1H3,(H,21,24). The zero-order valence-electron chi connectivity index (χ0n) is 14.1. The third-order valence-corrected chi connectivity index (χ3v) is 5.29. The molecule has 2 atom stereocenters. The van der Waals surface area contributed by atoms with Crippen LogP contribution in [0.15, 0.2) is 28.7 Å². The molecule has 6 heteroatoms. The van der Waals surface area contributed by atoms with Crippen molar-refractivity contribution in [1.82, 2.24) is 10.2 Å². The van der Waals surface area contributed by atoms with Gasteiger partial charge in [0.1, 0.15) is 0 Å². The average Bonchev–Trinajstić information content (AvgIpc) is 2.56. The van der Waals surface area contributed by atoms with Crippen molar-refractivity contribution < 1.29 is 9.59 Å². The summed E-state index contributed by atoms with van der Waals surface area (Å²) in [5.74, 6) is 0.0552. The molecule has 2 amide bonds. The van der Waals surface area contributed by atoms with Crippen molar-refractivity contribution in [3.05, 3.63) is 34.3 Å². The lowest BCUT2D eigenvalue weighted by Gasteiger charge is -2.25. The van der Waals surface area contributed by atoms with E-state index in [0.717, 1.165) is 35.7 Å². The first-order chi connectivity index (χ1) is 11.5. The molecule has 0 spiro atoms. The van der Waals surface area contributed by atoms with Crippen LogP contribution >= 0.6 is 15.9 Å². The molecule has 24 heavy (non-hydrogen) atoms. The second kappa shape index (κ2) is 9.18. The number of benzene rings is 1. The highest BCUT2D eigenvalue weighted by Crippen LogP contribution is 2.23. The summed E-state index contributed by atoms with van der Waals surface area (Å²) in [4.78, 5) is 26.0. The molecule has 0 aromatic heterocycles. The van der Waals surface area contributed by atoms with Gasteiger partial charge in [0, 0.05) is 43.0 Å². The molecule has 1 aliphatic rings. The van der Waals surface area contributed by atoms with E-state index in [1.54, 1.807) is 11.9 Å². The Morgan fingerprint density at radius 2 is 2.08 bits per heavy atom. The number of hydrogen-bond acceptors (Lipinski definition) is 3. The molecule has 5 nitrogen and oxygen atoms in total. The number of hydrogen-bond donors (Lipinski definition) is 2. The van der Waals surface area contributed by atoms with Crippen molar-refractivity contribution in [1.29, 1.82) is 0 Å². The van der Waals surface area contributed by atoms with Crippen LogP contribution in [0.25, 0.3) is 0 Å². The summed E-state index contributed by atoms with van der Waals surface area (Å²) in [5.41, 5.74) is 6.98. The second-order valence-electron chi connectivity index (χ2n) is 6.51. The third-order valence-electron chi connectivity index (χ3n) is 4.51. The first-order valence-corrected chi connectivity index (χ1v) is 9.27. The zero-order chi connectivity index (χ0) is 17.5. The van der Waals surface area contributed by atoms with E-state index in [1.807, 2.05) is 24.3 Å². The predicted octanol–water partition coefficient (Wildman–Crippen LogP) is 2.43. The molecule has 1 aromatic rings. The minimum absolute atomic E-state index is 0.00172. The van der Waals surface area contributed by atoms with Crippen LogP contribution in [0.1, 0.15) is 37.7 Å². The fourth-order valence-electron chi connectivity index (χ4n) is 3.06. The molecule has 132 valence electrons. The number of nitrogens with one attached hydrogen (secondary N) is 1. The van der Waals surface area contributed by atoms with Crippen LogP contribution in [-0.2, 0) is 16.1 Å². The highest BCUT2D eigenvalue weighted by molar-refractivity contribution is 9.10. The maximum atomic E-state index is 12.2. The Balaban J connectivity index is 1.72. The van der Waals surface area contributed by atoms with Gasteiger partial charge < -0.3 is 16.0 Å². The van der Waals surface area contributed by atoms with E-state index < -0.39 is 0 Å². The Bertz CT molecular complexity index is 579. The normalized spacial score (nSPS) is 20.5. The molecule has 0 saturated heterocycles. The van der Waals surface area contributed by atoms with Crippen LogP contribution in [0, 0.1) is 5.92 Å². The van der Waals surface area contributed by atoms with Crippen molar-refractivity contribution >= 4 is 27.7 Å². The molecule has 0 aliphatic heterocycles. The topological polar surface area (TPSA) is 75.4 Å². The maximum absolute atomic E-state index is 12.2. The van der Waals surface area contributed by atoms with Crippen LogP contribution in [-0.4, -0.2) is 36.3 Å². The van der Waals surface area contributed by atoms with Crippen molar-refractivity contribution in [3.63, 3.8) is 0 Å². The van der Waals surface area contributed by atoms with Gasteiger partial charge in [-0.2, -0.15) is 0 Å². The van der Waals surface area contributed by atoms with Gasteiger partial charge >= 0.3 is 0 Å². The number of nitrogens with two attached hydrogens (primary N) is 1. The van der Waals surface area contributed by atoms with E-state index in [4.69, 9.17) is 5.73 Å². The van der Waals surface area contributed by atoms with E-state index >= 15 is 0 Å². The van der Waals surface area contributed by atoms with Crippen molar-refractivity contribution in [2.75, 3.05) is 13.6 Å². The van der Waals surface area contributed by atoms with E-state index in [-0.39, 0.29) is 23.8 Å².